The lowest BCUT2D eigenvalue weighted by Gasteiger charge is -2.28. The highest BCUT2D eigenvalue weighted by molar-refractivity contribution is 5.82. The van der Waals surface area contributed by atoms with Crippen LogP contribution < -0.4 is 14.4 Å². The van der Waals surface area contributed by atoms with E-state index in [-0.39, 0.29) is 0 Å². The van der Waals surface area contributed by atoms with Gasteiger partial charge in [0.15, 0.2) is 0 Å². The molecule has 3 heteroatoms. The summed E-state index contributed by atoms with van der Waals surface area (Å²) in [6, 6.07) is 43.7. The first-order valence-corrected chi connectivity index (χ1v) is 15.4. The van der Waals surface area contributed by atoms with Gasteiger partial charge in [-0.25, -0.2) is 0 Å². The molecule has 0 aliphatic carbocycles. The first-order chi connectivity index (χ1) is 22.2. The Morgan fingerprint density at radius 3 is 1.31 bits per heavy atom. The van der Waals surface area contributed by atoms with E-state index >= 15 is 0 Å². The molecule has 0 aliphatic heterocycles. The fraction of sp³-hybridized carbons (Fsp3) is 0.0952. The van der Waals surface area contributed by atoms with E-state index in [4.69, 9.17) is 9.47 Å². The molecule has 5 aromatic carbocycles. The minimum Gasteiger partial charge on any atom is -0.494 e. The lowest BCUT2D eigenvalue weighted by atomic mass is 10.1. The molecule has 0 radical (unpaired) electrons. The second-order valence-corrected chi connectivity index (χ2v) is 10.3. The predicted octanol–water partition coefficient (Wildman–Crippen LogP) is 11.4. The van der Waals surface area contributed by atoms with E-state index in [2.05, 4.69) is 132 Å². The molecule has 224 valence electrons. The van der Waals surface area contributed by atoms with Crippen LogP contribution in [-0.4, -0.2) is 13.2 Å². The summed E-state index contributed by atoms with van der Waals surface area (Å²) in [5, 5.41) is 0. The van der Waals surface area contributed by atoms with Crippen molar-refractivity contribution in [3.05, 3.63) is 174 Å². The number of rotatable bonds is 13. The van der Waals surface area contributed by atoms with Gasteiger partial charge in [0.2, 0.25) is 0 Å². The van der Waals surface area contributed by atoms with Crippen LogP contribution in [-0.2, 0) is 0 Å². The maximum atomic E-state index is 6.11. The third kappa shape index (κ3) is 8.98. The molecule has 5 aromatic rings. The zero-order chi connectivity index (χ0) is 31.1. The van der Waals surface area contributed by atoms with E-state index < -0.39 is 0 Å². The van der Waals surface area contributed by atoms with Crippen molar-refractivity contribution in [2.75, 3.05) is 18.1 Å². The van der Waals surface area contributed by atoms with Gasteiger partial charge in [-0.3, -0.25) is 0 Å². The first kappa shape index (κ1) is 30.9. The van der Waals surface area contributed by atoms with Crippen LogP contribution in [0.15, 0.2) is 152 Å². The SMILES string of the molecule is CCOc1ccc(OCC)c(N(c2ccc(/C=C/C=C/c3ccccc3)cc2)c2ccc(/C=C/C=C/c3ccccc3)cc2)c1. The molecule has 0 aromatic heterocycles. The summed E-state index contributed by atoms with van der Waals surface area (Å²) >= 11 is 0. The smallest absolute Gasteiger partial charge is 0.143 e. The zero-order valence-corrected chi connectivity index (χ0v) is 25.9. The molecule has 3 nitrogen and oxygen atoms in total. The summed E-state index contributed by atoms with van der Waals surface area (Å²) in [6.45, 7) is 5.16. The first-order valence-electron chi connectivity index (χ1n) is 15.4. The van der Waals surface area contributed by atoms with Crippen molar-refractivity contribution in [1.29, 1.82) is 0 Å². The Labute approximate surface area is 267 Å². The van der Waals surface area contributed by atoms with Crippen LogP contribution in [0, 0.1) is 0 Å². The fourth-order valence-electron chi connectivity index (χ4n) is 4.90. The van der Waals surface area contributed by atoms with Gasteiger partial charge >= 0.3 is 0 Å². The van der Waals surface area contributed by atoms with Crippen LogP contribution in [0.2, 0.25) is 0 Å². The molecule has 0 unspecified atom stereocenters. The molecule has 0 spiro atoms. The van der Waals surface area contributed by atoms with Gasteiger partial charge in [0.05, 0.1) is 18.9 Å². The maximum Gasteiger partial charge on any atom is 0.143 e. The van der Waals surface area contributed by atoms with E-state index in [1.165, 1.54) is 11.1 Å². The molecule has 0 saturated heterocycles. The summed E-state index contributed by atoms with van der Waals surface area (Å²) in [7, 11) is 0. The molecule has 0 heterocycles. The van der Waals surface area contributed by atoms with E-state index in [0.717, 1.165) is 39.7 Å². The van der Waals surface area contributed by atoms with Gasteiger partial charge in [0, 0.05) is 17.4 Å². The summed E-state index contributed by atoms with van der Waals surface area (Å²) in [5.74, 6) is 1.60. The topological polar surface area (TPSA) is 21.7 Å². The third-order valence-electron chi connectivity index (χ3n) is 7.06. The van der Waals surface area contributed by atoms with E-state index in [0.29, 0.717) is 13.2 Å². The normalized spacial score (nSPS) is 11.6. The average Bonchev–Trinajstić information content (AvgIpc) is 3.09. The highest BCUT2D eigenvalue weighted by Gasteiger charge is 2.18. The maximum absolute atomic E-state index is 6.11. The number of benzene rings is 5. The lowest BCUT2D eigenvalue weighted by molar-refractivity contribution is 0.331. The van der Waals surface area contributed by atoms with Gasteiger partial charge in [-0.05, 0) is 72.5 Å². The Morgan fingerprint density at radius 1 is 0.467 bits per heavy atom. The van der Waals surface area contributed by atoms with Gasteiger partial charge in [-0.2, -0.15) is 0 Å². The molecule has 0 aliphatic rings. The quantitative estimate of drug-likeness (QED) is 0.128. The largest absolute Gasteiger partial charge is 0.494 e. The summed E-state index contributed by atoms with van der Waals surface area (Å²) in [6.07, 6.45) is 16.7. The Morgan fingerprint density at radius 2 is 0.889 bits per heavy atom. The Kier molecular flexibility index (Phi) is 11.2. The number of hydrogen-bond acceptors (Lipinski definition) is 3. The number of nitrogens with zero attached hydrogens (tertiary/aromatic N) is 1. The van der Waals surface area contributed by atoms with Crippen molar-refractivity contribution in [2.45, 2.75) is 13.8 Å². The summed E-state index contributed by atoms with van der Waals surface area (Å²) in [4.78, 5) is 2.22. The van der Waals surface area contributed by atoms with Crippen molar-refractivity contribution in [1.82, 2.24) is 0 Å². The van der Waals surface area contributed by atoms with Crippen LogP contribution in [0.1, 0.15) is 36.1 Å². The van der Waals surface area contributed by atoms with Crippen LogP contribution in [0.3, 0.4) is 0 Å². The molecule has 0 fully saturated rings. The minimum atomic E-state index is 0.565. The van der Waals surface area contributed by atoms with Crippen LogP contribution in [0.25, 0.3) is 24.3 Å². The lowest BCUT2D eigenvalue weighted by Crippen LogP contribution is -2.12. The standard InChI is InChI=1S/C42H39NO2/c1-3-44-40-31-32-42(45-4-2)41(33-40)43(38-27-23-36(24-28-38)21-13-11-19-34-15-7-5-8-16-34)39-29-25-37(26-30-39)22-14-12-20-35-17-9-6-10-18-35/h5-33H,3-4H2,1-2H3/b19-11+,20-12+,21-13+,22-14+. The van der Waals surface area contributed by atoms with Gasteiger partial charge in [-0.1, -0.05) is 134 Å². The van der Waals surface area contributed by atoms with Gasteiger partial charge < -0.3 is 14.4 Å². The molecule has 0 amide bonds. The Hall–Kier alpha value is -5.54. The van der Waals surface area contributed by atoms with Crippen LogP contribution >= 0.6 is 0 Å². The molecular formula is C42H39NO2. The molecular weight excluding hydrogens is 550 g/mol. The number of ether oxygens (including phenoxy) is 2. The van der Waals surface area contributed by atoms with Gasteiger partial charge in [-0.15, -0.1) is 0 Å². The molecule has 0 N–H and O–H groups in total. The van der Waals surface area contributed by atoms with Crippen molar-refractivity contribution >= 4 is 41.4 Å². The fourth-order valence-corrected chi connectivity index (χ4v) is 4.90. The summed E-state index contributed by atoms with van der Waals surface area (Å²) < 4.78 is 12.0. The third-order valence-corrected chi connectivity index (χ3v) is 7.06. The van der Waals surface area contributed by atoms with E-state index in [9.17, 15) is 0 Å². The Balaban J connectivity index is 1.43. The number of hydrogen-bond donors (Lipinski definition) is 0. The second-order valence-electron chi connectivity index (χ2n) is 10.3. The van der Waals surface area contributed by atoms with Crippen LogP contribution in [0.5, 0.6) is 11.5 Å². The van der Waals surface area contributed by atoms with E-state index in [1.54, 1.807) is 0 Å². The summed E-state index contributed by atoms with van der Waals surface area (Å²) in [5.41, 5.74) is 7.56. The van der Waals surface area contributed by atoms with Gasteiger partial charge in [0.1, 0.15) is 11.5 Å². The number of allylic oxidation sites excluding steroid dienone is 4. The molecule has 45 heavy (non-hydrogen) atoms. The van der Waals surface area contributed by atoms with E-state index in [1.807, 2.05) is 62.4 Å². The van der Waals surface area contributed by atoms with Crippen molar-refractivity contribution in [3.63, 3.8) is 0 Å². The number of anilines is 3. The van der Waals surface area contributed by atoms with Crippen LogP contribution in [0.4, 0.5) is 17.1 Å². The second kappa shape index (κ2) is 16.3. The zero-order valence-electron chi connectivity index (χ0n) is 25.9. The Bertz CT molecular complexity index is 1630. The highest BCUT2D eigenvalue weighted by Crippen LogP contribution is 2.42. The van der Waals surface area contributed by atoms with Crippen molar-refractivity contribution in [3.8, 4) is 11.5 Å². The average molecular weight is 590 g/mol. The minimum absolute atomic E-state index is 0.565. The molecule has 0 atom stereocenters. The highest BCUT2D eigenvalue weighted by atomic mass is 16.5. The molecule has 5 rings (SSSR count). The van der Waals surface area contributed by atoms with Gasteiger partial charge in [0.25, 0.3) is 0 Å². The predicted molar refractivity (Wildman–Crippen MR) is 192 cm³/mol. The molecule has 0 saturated carbocycles. The molecule has 0 bridgehead atoms. The van der Waals surface area contributed by atoms with Crippen molar-refractivity contribution in [2.24, 2.45) is 0 Å². The monoisotopic (exact) mass is 589 g/mol. The van der Waals surface area contributed by atoms with Crippen molar-refractivity contribution < 1.29 is 9.47 Å².